The Kier molecular flexibility index (Phi) is 5.05. The molecule has 2 amide bonds. The van der Waals surface area contributed by atoms with Gasteiger partial charge in [-0.2, -0.15) is 0 Å². The van der Waals surface area contributed by atoms with Crippen LogP contribution >= 0.6 is 0 Å². The largest absolute Gasteiger partial charge is 0.360 e. The predicted octanol–water partition coefficient (Wildman–Crippen LogP) is 0.561. The third-order valence-corrected chi connectivity index (χ3v) is 4.94. The molecular weight excluding hydrogens is 363 g/mol. The van der Waals surface area contributed by atoms with Gasteiger partial charge in [-0.3, -0.25) is 14.6 Å². The Morgan fingerprint density at radius 1 is 1.21 bits per heavy atom. The molecule has 4 heterocycles. The summed E-state index contributed by atoms with van der Waals surface area (Å²) in [6.07, 6.45) is 3.83. The molecule has 9 heteroatoms. The highest BCUT2D eigenvalue weighted by atomic mass is 19.1. The maximum absolute atomic E-state index is 13.9. The number of nitrogens with one attached hydrogen (secondary N) is 2. The fourth-order valence-corrected chi connectivity index (χ4v) is 3.54. The SMILES string of the molecule is O=C1CN(c2ccnc(C(=O)NC3CCN(c4ncccc4F)C3)c2)CCN1. The van der Waals surface area contributed by atoms with Crippen molar-refractivity contribution < 1.29 is 14.0 Å². The first kappa shape index (κ1) is 18.1. The molecule has 0 aromatic carbocycles. The number of amides is 2. The van der Waals surface area contributed by atoms with Gasteiger partial charge in [0.1, 0.15) is 5.69 Å². The number of carbonyl (C=O) groups is 2. The van der Waals surface area contributed by atoms with Gasteiger partial charge >= 0.3 is 0 Å². The van der Waals surface area contributed by atoms with Gasteiger partial charge in [0.25, 0.3) is 5.91 Å². The average Bonchev–Trinajstić information content (AvgIpc) is 3.16. The third kappa shape index (κ3) is 3.88. The predicted molar refractivity (Wildman–Crippen MR) is 102 cm³/mol. The third-order valence-electron chi connectivity index (χ3n) is 4.94. The molecule has 0 aliphatic carbocycles. The van der Waals surface area contributed by atoms with E-state index in [1.807, 2.05) is 9.80 Å². The minimum atomic E-state index is -0.366. The lowest BCUT2D eigenvalue weighted by molar-refractivity contribution is -0.120. The standard InChI is InChI=1S/C19H21FN6O2/c20-15-2-1-5-23-18(15)26-8-4-13(11-26)24-19(28)16-10-14(3-6-21-16)25-9-7-22-17(27)12-25/h1-3,5-6,10,13H,4,7-9,11-12H2,(H,22,27)(H,24,28). The van der Waals surface area contributed by atoms with Gasteiger partial charge < -0.3 is 20.4 Å². The molecule has 2 aliphatic heterocycles. The molecule has 0 bridgehead atoms. The van der Waals surface area contributed by atoms with Gasteiger partial charge in [-0.25, -0.2) is 9.37 Å². The Labute approximate surface area is 161 Å². The Morgan fingerprint density at radius 2 is 2.11 bits per heavy atom. The number of hydrogen-bond acceptors (Lipinski definition) is 6. The summed E-state index contributed by atoms with van der Waals surface area (Å²) < 4.78 is 13.9. The quantitative estimate of drug-likeness (QED) is 0.801. The Bertz CT molecular complexity index is 892. The summed E-state index contributed by atoms with van der Waals surface area (Å²) in [5.74, 6) is -0.379. The second-order valence-corrected chi connectivity index (χ2v) is 6.88. The van der Waals surface area contributed by atoms with Gasteiger partial charge in [0, 0.05) is 50.3 Å². The van der Waals surface area contributed by atoms with Gasteiger partial charge in [0.05, 0.1) is 6.54 Å². The summed E-state index contributed by atoms with van der Waals surface area (Å²) in [4.78, 5) is 36.2. The van der Waals surface area contributed by atoms with E-state index in [0.717, 1.165) is 5.69 Å². The molecular formula is C19H21FN6O2. The zero-order valence-corrected chi connectivity index (χ0v) is 15.3. The van der Waals surface area contributed by atoms with E-state index >= 15 is 0 Å². The van der Waals surface area contributed by atoms with Crippen molar-refractivity contribution in [2.24, 2.45) is 0 Å². The Hall–Kier alpha value is -3.23. The Balaban J connectivity index is 1.40. The van der Waals surface area contributed by atoms with Crippen molar-refractivity contribution in [1.82, 2.24) is 20.6 Å². The lowest BCUT2D eigenvalue weighted by Crippen LogP contribution is -2.47. The normalized spacial score (nSPS) is 19.5. The van der Waals surface area contributed by atoms with Crippen molar-refractivity contribution >= 4 is 23.3 Å². The molecule has 2 saturated heterocycles. The molecule has 4 rings (SSSR count). The van der Waals surface area contributed by atoms with Gasteiger partial charge in [-0.1, -0.05) is 0 Å². The van der Waals surface area contributed by atoms with Crippen molar-refractivity contribution in [2.75, 3.05) is 42.5 Å². The summed E-state index contributed by atoms with van der Waals surface area (Å²) in [7, 11) is 0. The summed E-state index contributed by atoms with van der Waals surface area (Å²) >= 11 is 0. The van der Waals surface area contributed by atoms with Crippen LogP contribution in [0.3, 0.4) is 0 Å². The van der Waals surface area contributed by atoms with E-state index in [9.17, 15) is 14.0 Å². The van der Waals surface area contributed by atoms with E-state index in [1.165, 1.54) is 6.07 Å². The van der Waals surface area contributed by atoms with E-state index in [2.05, 4.69) is 20.6 Å². The first-order valence-electron chi connectivity index (χ1n) is 9.24. The fraction of sp³-hybridized carbons (Fsp3) is 0.368. The molecule has 2 aliphatic rings. The number of hydrogen-bond donors (Lipinski definition) is 2. The van der Waals surface area contributed by atoms with Crippen LogP contribution in [0, 0.1) is 5.82 Å². The number of halogens is 1. The van der Waals surface area contributed by atoms with E-state index < -0.39 is 0 Å². The van der Waals surface area contributed by atoms with Crippen LogP contribution in [0.4, 0.5) is 15.9 Å². The molecule has 8 nitrogen and oxygen atoms in total. The van der Waals surface area contributed by atoms with Crippen molar-refractivity contribution in [3.05, 3.63) is 48.2 Å². The summed E-state index contributed by atoms with van der Waals surface area (Å²) in [6, 6.07) is 6.30. The zero-order chi connectivity index (χ0) is 19.5. The minimum absolute atomic E-state index is 0.0399. The average molecular weight is 384 g/mol. The summed E-state index contributed by atoms with van der Waals surface area (Å²) in [6.45, 7) is 2.63. The molecule has 0 saturated carbocycles. The van der Waals surface area contributed by atoms with Gasteiger partial charge in [0.15, 0.2) is 11.6 Å². The smallest absolute Gasteiger partial charge is 0.270 e. The van der Waals surface area contributed by atoms with Crippen LogP contribution in [-0.4, -0.2) is 60.5 Å². The maximum Gasteiger partial charge on any atom is 0.270 e. The topological polar surface area (TPSA) is 90.5 Å². The zero-order valence-electron chi connectivity index (χ0n) is 15.3. The number of piperazine rings is 1. The summed E-state index contributed by atoms with van der Waals surface area (Å²) in [5, 5.41) is 5.74. The van der Waals surface area contributed by atoms with Crippen LogP contribution in [0.25, 0.3) is 0 Å². The number of nitrogens with zero attached hydrogens (tertiary/aromatic N) is 4. The Morgan fingerprint density at radius 3 is 2.93 bits per heavy atom. The molecule has 1 unspecified atom stereocenters. The molecule has 1 atom stereocenters. The second-order valence-electron chi connectivity index (χ2n) is 6.88. The molecule has 28 heavy (non-hydrogen) atoms. The number of anilines is 2. The lowest BCUT2D eigenvalue weighted by atomic mass is 10.2. The minimum Gasteiger partial charge on any atom is -0.360 e. The first-order chi connectivity index (χ1) is 13.6. The second kappa shape index (κ2) is 7.79. The maximum atomic E-state index is 13.9. The molecule has 2 aromatic rings. The van der Waals surface area contributed by atoms with Crippen LogP contribution < -0.4 is 20.4 Å². The monoisotopic (exact) mass is 384 g/mol. The highest BCUT2D eigenvalue weighted by Crippen LogP contribution is 2.21. The number of pyridine rings is 2. The molecule has 146 valence electrons. The van der Waals surface area contributed by atoms with E-state index in [4.69, 9.17) is 0 Å². The van der Waals surface area contributed by atoms with Crippen molar-refractivity contribution in [2.45, 2.75) is 12.5 Å². The molecule has 2 fully saturated rings. The van der Waals surface area contributed by atoms with Gasteiger partial charge in [-0.15, -0.1) is 0 Å². The highest BCUT2D eigenvalue weighted by Gasteiger charge is 2.27. The molecule has 0 spiro atoms. The number of rotatable bonds is 4. The van der Waals surface area contributed by atoms with Crippen LogP contribution in [0.2, 0.25) is 0 Å². The molecule has 2 N–H and O–H groups in total. The molecule has 2 aromatic heterocycles. The van der Waals surface area contributed by atoms with E-state index in [0.29, 0.717) is 44.1 Å². The number of carbonyl (C=O) groups excluding carboxylic acids is 2. The fourth-order valence-electron chi connectivity index (χ4n) is 3.54. The lowest BCUT2D eigenvalue weighted by Gasteiger charge is -2.28. The first-order valence-corrected chi connectivity index (χ1v) is 9.24. The van der Waals surface area contributed by atoms with Crippen molar-refractivity contribution in [3.8, 4) is 0 Å². The number of aromatic nitrogens is 2. The van der Waals surface area contributed by atoms with E-state index in [-0.39, 0.29) is 30.2 Å². The highest BCUT2D eigenvalue weighted by molar-refractivity contribution is 5.93. The van der Waals surface area contributed by atoms with E-state index in [1.54, 1.807) is 30.6 Å². The molecule has 0 radical (unpaired) electrons. The van der Waals surface area contributed by atoms with Crippen LogP contribution in [0.1, 0.15) is 16.9 Å². The van der Waals surface area contributed by atoms with Crippen LogP contribution in [0.15, 0.2) is 36.7 Å². The van der Waals surface area contributed by atoms with Gasteiger partial charge in [-0.05, 0) is 30.7 Å². The van der Waals surface area contributed by atoms with Crippen LogP contribution in [-0.2, 0) is 4.79 Å². The van der Waals surface area contributed by atoms with Gasteiger partial charge in [0.2, 0.25) is 5.91 Å². The summed E-state index contributed by atoms with van der Waals surface area (Å²) in [5.41, 5.74) is 1.09. The van der Waals surface area contributed by atoms with Crippen molar-refractivity contribution in [1.29, 1.82) is 0 Å². The van der Waals surface area contributed by atoms with Crippen molar-refractivity contribution in [3.63, 3.8) is 0 Å². The van der Waals surface area contributed by atoms with Crippen LogP contribution in [0.5, 0.6) is 0 Å².